The van der Waals surface area contributed by atoms with Crippen LogP contribution in [0.4, 0.5) is 0 Å². The first-order chi connectivity index (χ1) is 11.3. The van der Waals surface area contributed by atoms with Crippen LogP contribution in [-0.2, 0) is 4.74 Å². The number of guanidine groups is 1. The second-order valence-corrected chi connectivity index (χ2v) is 6.18. The normalized spacial score (nSPS) is 17.2. The van der Waals surface area contributed by atoms with Crippen molar-refractivity contribution in [1.29, 1.82) is 0 Å². The van der Waals surface area contributed by atoms with Gasteiger partial charge in [0.2, 0.25) is 0 Å². The van der Waals surface area contributed by atoms with E-state index in [1.165, 1.54) is 39.1 Å². The smallest absolute Gasteiger partial charge is 0.190 e. The molecule has 1 fully saturated rings. The standard InChI is InChI=1S/C17H37N5O.HI/c1-4-23-16-6-5-9-19-17(18-2)20-10-7-12-22-13-8-11-21(3)14-15-22;/h4-16H2,1-3H3,(H2,18,19,20);1H. The number of unbranched alkanes of at least 4 members (excludes halogenated alkanes) is 1. The number of halogens is 1. The van der Waals surface area contributed by atoms with E-state index in [2.05, 4.69) is 32.5 Å². The van der Waals surface area contributed by atoms with Gasteiger partial charge in [-0.15, -0.1) is 24.0 Å². The molecule has 1 aliphatic heterocycles. The summed E-state index contributed by atoms with van der Waals surface area (Å²) >= 11 is 0. The number of nitrogens with zero attached hydrogens (tertiary/aromatic N) is 3. The zero-order valence-electron chi connectivity index (χ0n) is 15.9. The van der Waals surface area contributed by atoms with Gasteiger partial charge in [0, 0.05) is 46.4 Å². The van der Waals surface area contributed by atoms with Crippen LogP contribution < -0.4 is 10.6 Å². The lowest BCUT2D eigenvalue weighted by Gasteiger charge is -2.20. The molecule has 0 aromatic heterocycles. The fraction of sp³-hybridized carbons (Fsp3) is 0.941. The highest BCUT2D eigenvalue weighted by atomic mass is 127. The summed E-state index contributed by atoms with van der Waals surface area (Å²) in [7, 11) is 4.05. The Morgan fingerprint density at radius 3 is 2.50 bits per heavy atom. The Bertz CT molecular complexity index is 317. The first-order valence-electron chi connectivity index (χ1n) is 9.19. The van der Waals surface area contributed by atoms with Crippen molar-refractivity contribution >= 4 is 29.9 Å². The molecule has 0 amide bonds. The molecule has 0 aliphatic carbocycles. The van der Waals surface area contributed by atoms with E-state index in [0.717, 1.165) is 51.5 Å². The molecule has 2 N–H and O–H groups in total. The van der Waals surface area contributed by atoms with E-state index >= 15 is 0 Å². The Morgan fingerprint density at radius 2 is 1.79 bits per heavy atom. The van der Waals surface area contributed by atoms with E-state index in [-0.39, 0.29) is 24.0 Å². The average Bonchev–Trinajstić information content (AvgIpc) is 2.77. The van der Waals surface area contributed by atoms with Crippen molar-refractivity contribution in [3.05, 3.63) is 0 Å². The molecule has 0 aromatic rings. The van der Waals surface area contributed by atoms with Gasteiger partial charge in [0.25, 0.3) is 0 Å². The van der Waals surface area contributed by atoms with E-state index in [1.807, 2.05) is 14.0 Å². The zero-order chi connectivity index (χ0) is 16.8. The molecular formula is C17H38IN5O. The van der Waals surface area contributed by atoms with Gasteiger partial charge in [-0.3, -0.25) is 4.99 Å². The van der Waals surface area contributed by atoms with Crippen LogP contribution >= 0.6 is 24.0 Å². The maximum Gasteiger partial charge on any atom is 0.190 e. The highest BCUT2D eigenvalue weighted by Gasteiger charge is 2.11. The van der Waals surface area contributed by atoms with Crippen molar-refractivity contribution in [2.24, 2.45) is 4.99 Å². The maximum absolute atomic E-state index is 5.34. The van der Waals surface area contributed by atoms with Crippen molar-refractivity contribution in [3.63, 3.8) is 0 Å². The highest BCUT2D eigenvalue weighted by molar-refractivity contribution is 14.0. The summed E-state index contributed by atoms with van der Waals surface area (Å²) in [5.41, 5.74) is 0. The first-order valence-corrected chi connectivity index (χ1v) is 9.19. The summed E-state index contributed by atoms with van der Waals surface area (Å²) in [4.78, 5) is 9.28. The summed E-state index contributed by atoms with van der Waals surface area (Å²) in [6.07, 6.45) is 4.66. The molecule has 24 heavy (non-hydrogen) atoms. The Morgan fingerprint density at radius 1 is 1.04 bits per heavy atom. The largest absolute Gasteiger partial charge is 0.382 e. The lowest BCUT2D eigenvalue weighted by Crippen LogP contribution is -2.39. The number of nitrogens with one attached hydrogen (secondary N) is 2. The van der Waals surface area contributed by atoms with Gasteiger partial charge in [-0.05, 0) is 59.3 Å². The predicted octanol–water partition coefficient (Wildman–Crippen LogP) is 1.61. The third-order valence-corrected chi connectivity index (χ3v) is 4.19. The molecule has 1 heterocycles. The van der Waals surface area contributed by atoms with Crippen molar-refractivity contribution in [1.82, 2.24) is 20.4 Å². The molecule has 7 heteroatoms. The Hall–Kier alpha value is -0.120. The quantitative estimate of drug-likeness (QED) is 0.227. The van der Waals surface area contributed by atoms with Gasteiger partial charge in [0.05, 0.1) is 0 Å². The SMILES string of the molecule is CCOCCCCNC(=NC)NCCCN1CCCN(C)CC1.I. The fourth-order valence-corrected chi connectivity index (χ4v) is 2.73. The van der Waals surface area contributed by atoms with Crippen LogP contribution in [0.3, 0.4) is 0 Å². The molecule has 0 aromatic carbocycles. The number of hydrogen-bond donors (Lipinski definition) is 2. The van der Waals surface area contributed by atoms with Gasteiger partial charge in [0.15, 0.2) is 5.96 Å². The number of aliphatic imine (C=N–C) groups is 1. The second-order valence-electron chi connectivity index (χ2n) is 6.18. The van der Waals surface area contributed by atoms with Crippen molar-refractivity contribution < 1.29 is 4.74 Å². The molecule has 1 aliphatic rings. The third-order valence-electron chi connectivity index (χ3n) is 4.19. The van der Waals surface area contributed by atoms with Crippen molar-refractivity contribution in [2.45, 2.75) is 32.6 Å². The molecule has 144 valence electrons. The maximum atomic E-state index is 5.34. The molecule has 6 nitrogen and oxygen atoms in total. The Balaban J connectivity index is 0.00000529. The predicted molar refractivity (Wildman–Crippen MR) is 114 cm³/mol. The Kier molecular flexibility index (Phi) is 16.3. The number of hydrogen-bond acceptors (Lipinski definition) is 4. The summed E-state index contributed by atoms with van der Waals surface area (Å²) in [6.45, 7) is 11.7. The average molecular weight is 455 g/mol. The molecule has 0 atom stereocenters. The molecule has 0 bridgehead atoms. The van der Waals surface area contributed by atoms with E-state index in [1.54, 1.807) is 0 Å². The number of rotatable bonds is 10. The summed E-state index contributed by atoms with van der Waals surface area (Å²) in [5.74, 6) is 0.914. The second kappa shape index (κ2) is 16.4. The van der Waals surface area contributed by atoms with Gasteiger partial charge in [0.1, 0.15) is 0 Å². The monoisotopic (exact) mass is 455 g/mol. The van der Waals surface area contributed by atoms with Crippen LogP contribution in [0, 0.1) is 0 Å². The van der Waals surface area contributed by atoms with Crippen LogP contribution in [0.5, 0.6) is 0 Å². The number of likely N-dealkylation sites (N-methyl/N-ethyl adjacent to an activating group) is 1. The van der Waals surface area contributed by atoms with Gasteiger partial charge in [-0.2, -0.15) is 0 Å². The van der Waals surface area contributed by atoms with Gasteiger partial charge in [-0.1, -0.05) is 0 Å². The summed E-state index contributed by atoms with van der Waals surface area (Å²) < 4.78 is 5.34. The van der Waals surface area contributed by atoms with Crippen LogP contribution in [0.1, 0.15) is 32.6 Å². The minimum Gasteiger partial charge on any atom is -0.382 e. The lowest BCUT2D eigenvalue weighted by atomic mass is 10.3. The van der Waals surface area contributed by atoms with Crippen LogP contribution in [-0.4, -0.2) is 88.9 Å². The molecular weight excluding hydrogens is 417 g/mol. The summed E-state index contributed by atoms with van der Waals surface area (Å²) in [6, 6.07) is 0. The van der Waals surface area contributed by atoms with Crippen LogP contribution in [0.15, 0.2) is 4.99 Å². The number of ether oxygens (including phenoxy) is 1. The zero-order valence-corrected chi connectivity index (χ0v) is 18.2. The summed E-state index contributed by atoms with van der Waals surface area (Å²) in [5, 5.41) is 6.77. The van der Waals surface area contributed by atoms with E-state index in [0.29, 0.717) is 0 Å². The van der Waals surface area contributed by atoms with Crippen molar-refractivity contribution in [3.8, 4) is 0 Å². The molecule has 0 saturated carbocycles. The molecule has 1 rings (SSSR count). The van der Waals surface area contributed by atoms with Gasteiger partial charge in [-0.25, -0.2) is 0 Å². The topological polar surface area (TPSA) is 52.1 Å². The lowest BCUT2D eigenvalue weighted by molar-refractivity contribution is 0.143. The molecule has 0 spiro atoms. The Labute approximate surface area is 165 Å². The molecule has 0 unspecified atom stereocenters. The van der Waals surface area contributed by atoms with Crippen LogP contribution in [0.2, 0.25) is 0 Å². The minimum absolute atomic E-state index is 0. The third kappa shape index (κ3) is 12.3. The van der Waals surface area contributed by atoms with Crippen molar-refractivity contribution in [2.75, 3.05) is 73.1 Å². The first kappa shape index (κ1) is 23.9. The molecule has 0 radical (unpaired) electrons. The van der Waals surface area contributed by atoms with Gasteiger partial charge < -0.3 is 25.2 Å². The fourth-order valence-electron chi connectivity index (χ4n) is 2.73. The van der Waals surface area contributed by atoms with Crippen LogP contribution in [0.25, 0.3) is 0 Å². The molecule has 1 saturated heterocycles. The highest BCUT2D eigenvalue weighted by Crippen LogP contribution is 2.01. The van der Waals surface area contributed by atoms with E-state index < -0.39 is 0 Å². The van der Waals surface area contributed by atoms with Gasteiger partial charge >= 0.3 is 0 Å². The van der Waals surface area contributed by atoms with E-state index in [9.17, 15) is 0 Å². The van der Waals surface area contributed by atoms with E-state index in [4.69, 9.17) is 4.74 Å². The minimum atomic E-state index is 0.